The van der Waals surface area contributed by atoms with E-state index in [1.807, 2.05) is 37.4 Å². The molecule has 0 unspecified atom stereocenters. The van der Waals surface area contributed by atoms with Gasteiger partial charge in [-0.05, 0) is 48.7 Å². The fourth-order valence-electron chi connectivity index (χ4n) is 3.38. The summed E-state index contributed by atoms with van der Waals surface area (Å²) in [6, 6.07) is 7.47. The molecule has 4 rings (SSSR count). The van der Waals surface area contributed by atoms with Gasteiger partial charge in [-0.2, -0.15) is 0 Å². The lowest BCUT2D eigenvalue weighted by Gasteiger charge is -2.21. The van der Waals surface area contributed by atoms with E-state index in [-0.39, 0.29) is 30.7 Å². The molecule has 1 aliphatic rings. The average molecular weight is 420 g/mol. The van der Waals surface area contributed by atoms with E-state index in [0.29, 0.717) is 12.1 Å². The Morgan fingerprint density at radius 3 is 2.89 bits per heavy atom. The summed E-state index contributed by atoms with van der Waals surface area (Å²) in [5.41, 5.74) is 6.18. The number of H-pyrrole nitrogens is 1. The smallest absolute Gasteiger partial charge is 0.251 e. The van der Waals surface area contributed by atoms with E-state index in [4.69, 9.17) is 0 Å². The molecule has 0 radical (unpaired) electrons. The quantitative estimate of drug-likeness (QED) is 0.606. The summed E-state index contributed by atoms with van der Waals surface area (Å²) >= 11 is 0. The normalized spacial score (nSPS) is 12.3. The number of aryl methyl sites for hydroxylation is 1. The van der Waals surface area contributed by atoms with Crippen LogP contribution in [0.1, 0.15) is 32.7 Å². The van der Waals surface area contributed by atoms with Gasteiger partial charge in [0.25, 0.3) is 5.91 Å². The van der Waals surface area contributed by atoms with Crippen LogP contribution in [-0.4, -0.2) is 27.4 Å². The fourth-order valence-corrected chi connectivity index (χ4v) is 3.38. The monoisotopic (exact) mass is 419 g/mol. The van der Waals surface area contributed by atoms with Gasteiger partial charge in [-0.3, -0.25) is 9.78 Å². The number of nitrogens with zero attached hydrogens (tertiary/aromatic N) is 2. The van der Waals surface area contributed by atoms with Crippen molar-refractivity contribution in [1.82, 2.24) is 25.6 Å². The largest absolute Gasteiger partial charge is 0.348 e. The molecule has 3 N–H and O–H groups in total. The van der Waals surface area contributed by atoms with E-state index < -0.39 is 0 Å². The summed E-state index contributed by atoms with van der Waals surface area (Å²) in [6.45, 7) is 4.30. The van der Waals surface area contributed by atoms with Gasteiger partial charge in [0.1, 0.15) is 5.82 Å². The van der Waals surface area contributed by atoms with Crippen molar-refractivity contribution >= 4 is 30.7 Å². The van der Waals surface area contributed by atoms with Crippen LogP contribution in [0.4, 0.5) is 0 Å². The molecule has 3 heterocycles. The maximum atomic E-state index is 12.6. The molecule has 3 aromatic rings. The number of hydrogen-bond donors (Lipinski definition) is 3. The molecule has 0 spiro atoms. The first-order chi connectivity index (χ1) is 12.7. The number of fused-ring (bicyclic) bond motifs is 1. The van der Waals surface area contributed by atoms with Gasteiger partial charge in [0.15, 0.2) is 0 Å². The summed E-state index contributed by atoms with van der Waals surface area (Å²) in [4.78, 5) is 24.4. The standard InChI is InChI=1S/C20H21N5O.2ClH/c1-13-18(17-5-6-21-10-16(17)11-24-13)12-25-20(26)15-4-2-3-14(9-15)19-22-7-8-23-19;;/h2-4,7-9,11,21H,5-6,10,12H2,1H3,(H,22,23)(H,25,26);2*1H. The number of nitrogens with one attached hydrogen (secondary N) is 3. The Morgan fingerprint density at radius 2 is 2.11 bits per heavy atom. The van der Waals surface area contributed by atoms with Gasteiger partial charge in [0.2, 0.25) is 0 Å². The van der Waals surface area contributed by atoms with E-state index in [2.05, 4.69) is 25.6 Å². The molecule has 6 nitrogen and oxygen atoms in total. The van der Waals surface area contributed by atoms with Gasteiger partial charge in [-0.15, -0.1) is 24.8 Å². The van der Waals surface area contributed by atoms with Crippen molar-refractivity contribution in [3.63, 3.8) is 0 Å². The molecule has 0 atom stereocenters. The van der Waals surface area contributed by atoms with Gasteiger partial charge < -0.3 is 15.6 Å². The maximum absolute atomic E-state index is 12.6. The number of carbonyl (C=O) groups excluding carboxylic acids is 1. The molecule has 8 heteroatoms. The highest BCUT2D eigenvalue weighted by Gasteiger charge is 2.16. The lowest BCUT2D eigenvalue weighted by Crippen LogP contribution is -2.28. The second-order valence-electron chi connectivity index (χ2n) is 6.45. The van der Waals surface area contributed by atoms with E-state index in [1.165, 1.54) is 11.1 Å². The molecule has 1 aliphatic heterocycles. The topological polar surface area (TPSA) is 82.7 Å². The molecule has 0 saturated carbocycles. The van der Waals surface area contributed by atoms with Crippen molar-refractivity contribution in [2.45, 2.75) is 26.4 Å². The molecule has 0 fully saturated rings. The highest BCUT2D eigenvalue weighted by molar-refractivity contribution is 5.95. The van der Waals surface area contributed by atoms with Crippen molar-refractivity contribution in [3.05, 3.63) is 70.8 Å². The molecule has 28 heavy (non-hydrogen) atoms. The number of hydrogen-bond acceptors (Lipinski definition) is 4. The number of aromatic nitrogens is 3. The number of halogens is 2. The number of aromatic amines is 1. The maximum Gasteiger partial charge on any atom is 0.251 e. The van der Waals surface area contributed by atoms with Crippen molar-refractivity contribution in [2.24, 2.45) is 0 Å². The van der Waals surface area contributed by atoms with E-state index in [1.54, 1.807) is 12.4 Å². The number of rotatable bonds is 4. The predicted molar refractivity (Wildman–Crippen MR) is 114 cm³/mol. The van der Waals surface area contributed by atoms with E-state index in [9.17, 15) is 4.79 Å². The third-order valence-electron chi connectivity index (χ3n) is 4.79. The molecule has 1 aromatic carbocycles. The molecular weight excluding hydrogens is 397 g/mol. The summed E-state index contributed by atoms with van der Waals surface area (Å²) < 4.78 is 0. The fraction of sp³-hybridized carbons (Fsp3) is 0.250. The lowest BCUT2D eigenvalue weighted by atomic mass is 9.96. The van der Waals surface area contributed by atoms with Crippen LogP contribution in [0, 0.1) is 6.92 Å². The number of benzene rings is 1. The van der Waals surface area contributed by atoms with Crippen LogP contribution >= 0.6 is 24.8 Å². The molecule has 0 aliphatic carbocycles. The Hall–Kier alpha value is -2.41. The van der Waals surface area contributed by atoms with Crippen LogP contribution in [-0.2, 0) is 19.5 Å². The minimum atomic E-state index is -0.0932. The summed E-state index contributed by atoms with van der Waals surface area (Å²) in [7, 11) is 0. The van der Waals surface area contributed by atoms with Crippen LogP contribution in [0.3, 0.4) is 0 Å². The first-order valence-electron chi connectivity index (χ1n) is 8.77. The zero-order chi connectivity index (χ0) is 17.9. The van der Waals surface area contributed by atoms with Crippen molar-refractivity contribution in [3.8, 4) is 11.4 Å². The van der Waals surface area contributed by atoms with Gasteiger partial charge in [-0.1, -0.05) is 12.1 Å². The van der Waals surface area contributed by atoms with Gasteiger partial charge >= 0.3 is 0 Å². The molecule has 2 aromatic heterocycles. The van der Waals surface area contributed by atoms with Crippen LogP contribution in [0.2, 0.25) is 0 Å². The SMILES string of the molecule is Cc1ncc2c(c1CNC(=O)c1cccc(-c3ncc[nH]3)c1)CCNC2.Cl.Cl. The van der Waals surface area contributed by atoms with Crippen LogP contribution in [0.5, 0.6) is 0 Å². The first kappa shape index (κ1) is 21.9. The van der Waals surface area contributed by atoms with Crippen molar-refractivity contribution in [2.75, 3.05) is 6.54 Å². The summed E-state index contributed by atoms with van der Waals surface area (Å²) in [5, 5.41) is 6.41. The third kappa shape index (κ3) is 4.52. The minimum Gasteiger partial charge on any atom is -0.348 e. The average Bonchev–Trinajstić information content (AvgIpc) is 3.22. The highest BCUT2D eigenvalue weighted by Crippen LogP contribution is 2.21. The number of imidazole rings is 1. The first-order valence-corrected chi connectivity index (χ1v) is 8.77. The summed E-state index contributed by atoms with van der Waals surface area (Å²) in [5.74, 6) is 0.661. The van der Waals surface area contributed by atoms with Crippen molar-refractivity contribution in [1.29, 1.82) is 0 Å². The highest BCUT2D eigenvalue weighted by atomic mass is 35.5. The Balaban J connectivity index is 0.00000140. The molecule has 148 valence electrons. The second kappa shape index (κ2) is 9.68. The molecular formula is C20H23Cl2N5O. The van der Waals surface area contributed by atoms with Gasteiger partial charge in [-0.25, -0.2) is 4.98 Å². The van der Waals surface area contributed by atoms with Crippen LogP contribution in [0.15, 0.2) is 42.9 Å². The molecule has 1 amide bonds. The van der Waals surface area contributed by atoms with Crippen molar-refractivity contribution < 1.29 is 4.79 Å². The predicted octanol–water partition coefficient (Wildman–Crippen LogP) is 3.20. The van der Waals surface area contributed by atoms with E-state index in [0.717, 1.165) is 42.2 Å². The summed E-state index contributed by atoms with van der Waals surface area (Å²) in [6.07, 6.45) is 6.38. The van der Waals surface area contributed by atoms with Gasteiger partial charge in [0, 0.05) is 48.5 Å². The Kier molecular flexibility index (Phi) is 7.57. The minimum absolute atomic E-state index is 0. The lowest BCUT2D eigenvalue weighted by molar-refractivity contribution is 0.0951. The zero-order valence-corrected chi connectivity index (χ0v) is 17.1. The second-order valence-corrected chi connectivity index (χ2v) is 6.45. The van der Waals surface area contributed by atoms with E-state index >= 15 is 0 Å². The number of pyridine rings is 1. The molecule has 0 bridgehead atoms. The van der Waals surface area contributed by atoms with Gasteiger partial charge in [0.05, 0.1) is 0 Å². The van der Waals surface area contributed by atoms with Crippen LogP contribution in [0.25, 0.3) is 11.4 Å². The number of carbonyl (C=O) groups is 1. The van der Waals surface area contributed by atoms with Crippen LogP contribution < -0.4 is 10.6 Å². The Bertz CT molecular complexity index is 944. The third-order valence-corrected chi connectivity index (χ3v) is 4.79. The molecule has 0 saturated heterocycles. The Morgan fingerprint density at radius 1 is 1.25 bits per heavy atom. The zero-order valence-electron chi connectivity index (χ0n) is 15.5. The Labute approximate surface area is 176 Å². The number of amides is 1.